The van der Waals surface area contributed by atoms with Gasteiger partial charge in [0, 0.05) is 5.22 Å². The molecule has 2 N–H and O–H groups in total. The summed E-state index contributed by atoms with van der Waals surface area (Å²) in [7, 11) is 0. The van der Waals surface area contributed by atoms with Crippen molar-refractivity contribution in [3.8, 4) is 17.6 Å². The molecule has 0 saturated carbocycles. The molecule has 0 radical (unpaired) electrons. The Morgan fingerprint density at radius 2 is 1.88 bits per heavy atom. The predicted octanol–water partition coefficient (Wildman–Crippen LogP) is 2.32. The summed E-state index contributed by atoms with van der Waals surface area (Å²) in [5.74, 6) is -0.322. The van der Waals surface area contributed by atoms with Crippen LogP contribution < -0.4 is 16.3 Å². The first kappa shape index (κ1) is 20.3. The minimum absolute atomic E-state index is 0.0672. The first-order chi connectivity index (χ1) is 15.9. The van der Waals surface area contributed by atoms with Gasteiger partial charge in [-0.15, -0.1) is 0 Å². The first-order valence-electron chi connectivity index (χ1n) is 10.4. The first-order valence-corrected chi connectivity index (χ1v) is 10.4. The van der Waals surface area contributed by atoms with Crippen molar-refractivity contribution in [2.75, 3.05) is 0 Å². The zero-order valence-corrected chi connectivity index (χ0v) is 18.0. The molecule has 0 atom stereocenters. The maximum Gasteiger partial charge on any atom is 0.275 e. The molecular formula is C25H19N5O3. The van der Waals surface area contributed by atoms with E-state index >= 15 is 0 Å². The Labute approximate surface area is 187 Å². The molecule has 8 nitrogen and oxygen atoms in total. The Morgan fingerprint density at radius 3 is 2.58 bits per heavy atom. The highest BCUT2D eigenvalue weighted by Gasteiger charge is 2.18. The van der Waals surface area contributed by atoms with Crippen LogP contribution >= 0.6 is 0 Å². The molecule has 0 saturated heterocycles. The molecule has 2 aromatic carbocycles. The minimum Gasteiger partial charge on any atom is -0.493 e. The van der Waals surface area contributed by atoms with Gasteiger partial charge >= 0.3 is 0 Å². The number of imidazole rings is 1. The second kappa shape index (κ2) is 7.50. The van der Waals surface area contributed by atoms with E-state index in [0.717, 1.165) is 12.0 Å². The number of pyridine rings is 1. The molecule has 0 amide bonds. The highest BCUT2D eigenvalue weighted by Crippen LogP contribution is 2.21. The number of aromatic amines is 1. The van der Waals surface area contributed by atoms with Crippen LogP contribution in [0.1, 0.15) is 29.2 Å². The number of nitrogens with zero attached hydrogens (tertiary/aromatic N) is 4. The zero-order valence-electron chi connectivity index (χ0n) is 18.0. The maximum absolute atomic E-state index is 13.4. The number of rotatable bonds is 3. The number of hydrogen-bond acceptors (Lipinski definition) is 5. The summed E-state index contributed by atoms with van der Waals surface area (Å²) in [5, 5.41) is 23.4. The van der Waals surface area contributed by atoms with Gasteiger partial charge in [0.1, 0.15) is 11.6 Å². The Morgan fingerprint density at radius 1 is 1.15 bits per heavy atom. The van der Waals surface area contributed by atoms with E-state index in [2.05, 4.69) is 16.2 Å². The average Bonchev–Trinajstić information content (AvgIpc) is 3.34. The number of aryl methyl sites for hydroxylation is 1. The number of benzene rings is 2. The van der Waals surface area contributed by atoms with Gasteiger partial charge < -0.3 is 5.11 Å². The fourth-order valence-electron chi connectivity index (χ4n) is 4.07. The number of para-hydroxylation sites is 2. The van der Waals surface area contributed by atoms with Crippen molar-refractivity contribution in [1.82, 2.24) is 19.2 Å². The monoisotopic (exact) mass is 437 g/mol. The van der Waals surface area contributed by atoms with E-state index in [9.17, 15) is 20.0 Å². The van der Waals surface area contributed by atoms with Gasteiger partial charge in [0.15, 0.2) is 5.65 Å². The van der Waals surface area contributed by atoms with E-state index in [1.807, 2.05) is 19.1 Å². The van der Waals surface area contributed by atoms with Gasteiger partial charge in [-0.3, -0.25) is 19.1 Å². The topological polar surface area (TPSA) is 116 Å². The van der Waals surface area contributed by atoms with E-state index in [4.69, 9.17) is 0 Å². The van der Waals surface area contributed by atoms with Crippen molar-refractivity contribution in [1.29, 1.82) is 5.26 Å². The third-order valence-corrected chi connectivity index (χ3v) is 5.91. The molecule has 5 aromatic rings. The molecule has 3 aromatic heterocycles. The van der Waals surface area contributed by atoms with Gasteiger partial charge in [-0.25, -0.2) is 9.67 Å². The number of hydrogen-bond donors (Lipinski definition) is 2. The lowest BCUT2D eigenvalue weighted by Crippen LogP contribution is -2.34. The third kappa shape index (κ3) is 3.02. The fourth-order valence-corrected chi connectivity index (χ4v) is 4.07. The van der Waals surface area contributed by atoms with Crippen LogP contribution in [0, 0.1) is 18.3 Å². The standard InChI is InChI=1S/C25H19N5O3/c1-3-15-8-10-16(11-9-15)30-25(33)18(23(31)28-30)12-17-14(2)19(13-26)22-27-20-6-4-5-7-21(20)29(22)24(17)32/h4-12,33H,3H2,1-2H3,(H,28,31)/b17-12-. The molecular weight excluding hydrogens is 418 g/mol. The van der Waals surface area contributed by atoms with Crippen molar-refractivity contribution in [2.24, 2.45) is 0 Å². The molecule has 0 unspecified atom stereocenters. The molecule has 0 aliphatic carbocycles. The Hall–Kier alpha value is -4.64. The molecule has 5 rings (SSSR count). The van der Waals surface area contributed by atoms with E-state index in [1.165, 1.54) is 15.2 Å². The highest BCUT2D eigenvalue weighted by molar-refractivity contribution is 5.82. The van der Waals surface area contributed by atoms with Gasteiger partial charge in [-0.05, 0) is 54.8 Å². The summed E-state index contributed by atoms with van der Waals surface area (Å²) >= 11 is 0. The fraction of sp³-hybridized carbons (Fsp3) is 0.120. The quantitative estimate of drug-likeness (QED) is 0.449. The van der Waals surface area contributed by atoms with Crippen LogP contribution in [0.5, 0.6) is 5.88 Å². The lowest BCUT2D eigenvalue weighted by atomic mass is 10.1. The van der Waals surface area contributed by atoms with Crippen LogP contribution in [0.25, 0.3) is 28.4 Å². The van der Waals surface area contributed by atoms with Crippen molar-refractivity contribution in [3.63, 3.8) is 0 Å². The predicted molar refractivity (Wildman–Crippen MR) is 125 cm³/mol. The SMILES string of the molecule is CCc1ccc(-n2[nH]c(=O)c(/C=c3/c(C)c(C#N)c4nc5ccccc5n4c3=O)c2O)cc1. The van der Waals surface area contributed by atoms with Gasteiger partial charge in [-0.1, -0.05) is 31.2 Å². The van der Waals surface area contributed by atoms with Gasteiger partial charge in [0.25, 0.3) is 11.1 Å². The van der Waals surface area contributed by atoms with Crippen molar-refractivity contribution >= 4 is 22.8 Å². The number of nitriles is 1. The Bertz CT molecular complexity index is 1770. The number of nitrogens with one attached hydrogen (secondary N) is 1. The molecule has 0 bridgehead atoms. The van der Waals surface area contributed by atoms with Crippen LogP contribution in [-0.2, 0) is 6.42 Å². The summed E-state index contributed by atoms with van der Waals surface area (Å²) in [5.41, 5.74) is 2.71. The second-order valence-corrected chi connectivity index (χ2v) is 7.77. The Balaban J connectivity index is 1.81. The molecule has 33 heavy (non-hydrogen) atoms. The van der Waals surface area contributed by atoms with E-state index in [-0.39, 0.29) is 27.9 Å². The summed E-state index contributed by atoms with van der Waals surface area (Å²) in [6, 6.07) is 16.6. The van der Waals surface area contributed by atoms with Crippen LogP contribution in [0.4, 0.5) is 0 Å². The summed E-state index contributed by atoms with van der Waals surface area (Å²) in [6.45, 7) is 3.67. The molecule has 0 fully saturated rings. The van der Waals surface area contributed by atoms with Crippen molar-refractivity contribution < 1.29 is 5.11 Å². The van der Waals surface area contributed by atoms with Crippen LogP contribution in [0.15, 0.2) is 58.1 Å². The molecule has 162 valence electrons. The lowest BCUT2D eigenvalue weighted by Gasteiger charge is -2.05. The lowest BCUT2D eigenvalue weighted by molar-refractivity contribution is 0.432. The molecule has 8 heteroatoms. The Kier molecular flexibility index (Phi) is 4.61. The number of aromatic hydroxyl groups is 1. The van der Waals surface area contributed by atoms with Crippen LogP contribution in [-0.4, -0.2) is 24.3 Å². The number of H-pyrrole nitrogens is 1. The molecule has 0 aliphatic rings. The summed E-state index contributed by atoms with van der Waals surface area (Å²) in [4.78, 5) is 30.6. The second-order valence-electron chi connectivity index (χ2n) is 7.77. The normalized spacial score (nSPS) is 12.0. The van der Waals surface area contributed by atoms with E-state index in [1.54, 1.807) is 43.3 Å². The van der Waals surface area contributed by atoms with Crippen molar-refractivity contribution in [2.45, 2.75) is 20.3 Å². The molecule has 0 aliphatic heterocycles. The minimum atomic E-state index is -0.556. The molecule has 3 heterocycles. The van der Waals surface area contributed by atoms with Gasteiger partial charge in [0.05, 0.1) is 22.3 Å². The van der Waals surface area contributed by atoms with Gasteiger partial charge in [-0.2, -0.15) is 5.26 Å². The van der Waals surface area contributed by atoms with Gasteiger partial charge in [0.2, 0.25) is 5.88 Å². The number of aromatic nitrogens is 4. The van der Waals surface area contributed by atoms with Crippen LogP contribution in [0.2, 0.25) is 0 Å². The number of fused-ring (bicyclic) bond motifs is 3. The third-order valence-electron chi connectivity index (χ3n) is 5.91. The maximum atomic E-state index is 13.4. The summed E-state index contributed by atoms with van der Waals surface area (Å²) < 4.78 is 2.64. The zero-order chi connectivity index (χ0) is 23.3. The van der Waals surface area contributed by atoms with Crippen molar-refractivity contribution in [3.05, 3.63) is 96.7 Å². The average molecular weight is 437 g/mol. The molecule has 0 spiro atoms. The smallest absolute Gasteiger partial charge is 0.275 e. The van der Waals surface area contributed by atoms with Crippen LogP contribution in [0.3, 0.4) is 0 Å². The largest absolute Gasteiger partial charge is 0.493 e. The van der Waals surface area contributed by atoms with E-state index in [0.29, 0.717) is 22.3 Å². The van der Waals surface area contributed by atoms with E-state index < -0.39 is 11.1 Å². The summed E-state index contributed by atoms with van der Waals surface area (Å²) in [6.07, 6.45) is 2.20. The highest BCUT2D eigenvalue weighted by atomic mass is 16.3.